The summed E-state index contributed by atoms with van der Waals surface area (Å²) in [5, 5.41) is 11.3. The lowest BCUT2D eigenvalue weighted by atomic mass is 9.95. The van der Waals surface area contributed by atoms with E-state index in [-0.39, 0.29) is 16.4 Å². The van der Waals surface area contributed by atoms with Crippen LogP contribution >= 0.6 is 27.5 Å². The number of Topliss-reactive ketones (excluding diaryl/α,β-unsaturated/α-hetero) is 1. The number of rotatable bonds is 4. The van der Waals surface area contributed by atoms with Crippen molar-refractivity contribution in [2.75, 3.05) is 12.0 Å². The molecule has 0 radical (unpaired) electrons. The maximum Gasteiger partial charge on any atom is 0.300 e. The van der Waals surface area contributed by atoms with Gasteiger partial charge in [-0.25, -0.2) is 4.39 Å². The van der Waals surface area contributed by atoms with Crippen molar-refractivity contribution in [3.63, 3.8) is 0 Å². The number of amides is 1. The fraction of sp³-hybridized carbons (Fsp3) is 0.0833. The summed E-state index contributed by atoms with van der Waals surface area (Å²) in [5.74, 6) is -2.08. The Morgan fingerprint density at radius 3 is 2.31 bits per heavy atom. The molecule has 0 aromatic heterocycles. The molecule has 1 fully saturated rings. The number of halogens is 3. The van der Waals surface area contributed by atoms with Gasteiger partial charge in [-0.1, -0.05) is 51.8 Å². The van der Waals surface area contributed by atoms with Gasteiger partial charge in [-0.3, -0.25) is 14.5 Å². The largest absolute Gasteiger partial charge is 0.507 e. The minimum Gasteiger partial charge on any atom is -0.507 e. The summed E-state index contributed by atoms with van der Waals surface area (Å²) in [4.78, 5) is 27.4. The first kappa shape index (κ1) is 22.0. The average molecular weight is 517 g/mol. The third kappa shape index (κ3) is 3.89. The zero-order chi connectivity index (χ0) is 23.0. The molecule has 3 aromatic carbocycles. The maximum atomic E-state index is 13.6. The van der Waals surface area contributed by atoms with Crippen molar-refractivity contribution in [1.82, 2.24) is 0 Å². The highest BCUT2D eigenvalue weighted by Gasteiger charge is 2.47. The molecule has 0 bridgehead atoms. The van der Waals surface area contributed by atoms with Crippen LogP contribution in [0.15, 0.2) is 76.8 Å². The summed E-state index contributed by atoms with van der Waals surface area (Å²) < 4.78 is 19.6. The fourth-order valence-corrected chi connectivity index (χ4v) is 4.14. The van der Waals surface area contributed by atoms with Crippen LogP contribution in [0.3, 0.4) is 0 Å². The Kier molecular flexibility index (Phi) is 6.04. The number of aliphatic hydroxyl groups is 1. The molecule has 0 spiro atoms. The van der Waals surface area contributed by atoms with E-state index in [2.05, 4.69) is 15.9 Å². The number of anilines is 1. The number of ketones is 1. The average Bonchev–Trinajstić information content (AvgIpc) is 3.05. The SMILES string of the molecule is COc1ccc(N2C(=O)C(=O)/C(=C(/O)c3ccc(Br)cc3)C2c2ccc(F)cc2)cc1Cl. The predicted octanol–water partition coefficient (Wildman–Crippen LogP) is 5.88. The summed E-state index contributed by atoms with van der Waals surface area (Å²) in [7, 11) is 1.46. The molecule has 4 rings (SSSR count). The van der Waals surface area contributed by atoms with E-state index in [1.807, 2.05) is 0 Å². The Morgan fingerprint density at radius 2 is 1.72 bits per heavy atom. The molecular formula is C24H16BrClFNO4. The number of aliphatic hydroxyl groups excluding tert-OH is 1. The highest BCUT2D eigenvalue weighted by molar-refractivity contribution is 9.10. The Hall–Kier alpha value is -3.16. The number of carbonyl (C=O) groups is 2. The molecule has 1 N–H and O–H groups in total. The zero-order valence-electron chi connectivity index (χ0n) is 16.7. The monoisotopic (exact) mass is 515 g/mol. The molecule has 0 saturated carbocycles. The van der Waals surface area contributed by atoms with Gasteiger partial charge in [0, 0.05) is 15.7 Å². The first-order valence-corrected chi connectivity index (χ1v) is 10.6. The lowest BCUT2D eigenvalue weighted by Gasteiger charge is -2.26. The van der Waals surface area contributed by atoms with E-state index in [0.717, 1.165) is 4.47 Å². The number of hydrogen-bond acceptors (Lipinski definition) is 4. The van der Waals surface area contributed by atoms with E-state index in [9.17, 15) is 19.1 Å². The summed E-state index contributed by atoms with van der Waals surface area (Å²) in [6.07, 6.45) is 0. The molecular weight excluding hydrogens is 501 g/mol. The molecule has 8 heteroatoms. The third-order valence-corrected chi connectivity index (χ3v) is 5.99. The van der Waals surface area contributed by atoms with Crippen molar-refractivity contribution in [3.8, 4) is 5.75 Å². The highest BCUT2D eigenvalue weighted by Crippen LogP contribution is 2.43. The van der Waals surface area contributed by atoms with E-state index < -0.39 is 23.5 Å². The van der Waals surface area contributed by atoms with E-state index in [1.54, 1.807) is 36.4 Å². The van der Waals surface area contributed by atoms with Gasteiger partial charge < -0.3 is 9.84 Å². The second-order valence-electron chi connectivity index (χ2n) is 7.05. The first-order chi connectivity index (χ1) is 15.3. The number of methoxy groups -OCH3 is 1. The summed E-state index contributed by atoms with van der Waals surface area (Å²) in [6.45, 7) is 0. The molecule has 1 aliphatic heterocycles. The van der Waals surface area contributed by atoms with Crippen molar-refractivity contribution in [2.24, 2.45) is 0 Å². The number of ether oxygens (including phenoxy) is 1. The summed E-state index contributed by atoms with van der Waals surface area (Å²) in [5.41, 5.74) is 1.06. The summed E-state index contributed by atoms with van der Waals surface area (Å²) >= 11 is 9.58. The fourth-order valence-electron chi connectivity index (χ4n) is 3.63. The lowest BCUT2D eigenvalue weighted by Crippen LogP contribution is -2.29. The quantitative estimate of drug-likeness (QED) is 0.267. The van der Waals surface area contributed by atoms with Crippen molar-refractivity contribution >= 4 is 50.7 Å². The molecule has 1 saturated heterocycles. The molecule has 5 nitrogen and oxygen atoms in total. The van der Waals surface area contributed by atoms with Crippen LogP contribution in [-0.2, 0) is 9.59 Å². The van der Waals surface area contributed by atoms with Crippen LogP contribution in [-0.4, -0.2) is 23.9 Å². The van der Waals surface area contributed by atoms with Gasteiger partial charge >= 0.3 is 0 Å². The Bertz CT molecular complexity index is 1240. The molecule has 3 aromatic rings. The second-order valence-corrected chi connectivity index (χ2v) is 8.37. The lowest BCUT2D eigenvalue weighted by molar-refractivity contribution is -0.132. The van der Waals surface area contributed by atoms with Crippen LogP contribution in [0, 0.1) is 5.82 Å². The van der Waals surface area contributed by atoms with Gasteiger partial charge in [0.1, 0.15) is 17.3 Å². The molecule has 1 amide bonds. The summed E-state index contributed by atoms with van der Waals surface area (Å²) in [6, 6.07) is 15.8. The van der Waals surface area contributed by atoms with Crippen LogP contribution in [0.1, 0.15) is 17.2 Å². The third-order valence-electron chi connectivity index (χ3n) is 5.16. The number of benzene rings is 3. The van der Waals surface area contributed by atoms with Gasteiger partial charge in [-0.15, -0.1) is 0 Å². The van der Waals surface area contributed by atoms with Crippen LogP contribution in [0.4, 0.5) is 10.1 Å². The van der Waals surface area contributed by atoms with E-state index >= 15 is 0 Å². The topological polar surface area (TPSA) is 66.8 Å². The Balaban J connectivity index is 1.93. The van der Waals surface area contributed by atoms with Crippen molar-refractivity contribution in [2.45, 2.75) is 6.04 Å². The number of carbonyl (C=O) groups excluding carboxylic acids is 2. The molecule has 1 heterocycles. The van der Waals surface area contributed by atoms with Crippen LogP contribution < -0.4 is 9.64 Å². The van der Waals surface area contributed by atoms with Crippen molar-refractivity contribution in [3.05, 3.63) is 98.7 Å². The van der Waals surface area contributed by atoms with Gasteiger partial charge in [0.05, 0.1) is 23.7 Å². The standard InChI is InChI=1S/C24H16BrClFNO4/c1-32-19-11-10-17(12-18(19)26)28-21(13-4-8-16(27)9-5-13)20(23(30)24(28)31)22(29)14-2-6-15(25)7-3-14/h2-12,21,29H,1H3/b22-20+. The van der Waals surface area contributed by atoms with Crippen LogP contribution in [0.5, 0.6) is 5.75 Å². The minimum absolute atomic E-state index is 0.101. The maximum absolute atomic E-state index is 13.6. The number of nitrogens with zero attached hydrogens (tertiary/aromatic N) is 1. The van der Waals surface area contributed by atoms with Gasteiger partial charge in [0.15, 0.2) is 0 Å². The molecule has 1 unspecified atom stereocenters. The van der Waals surface area contributed by atoms with Gasteiger partial charge in [0.25, 0.3) is 11.7 Å². The number of hydrogen-bond donors (Lipinski definition) is 1. The van der Waals surface area contributed by atoms with Gasteiger partial charge in [-0.05, 0) is 48.0 Å². The highest BCUT2D eigenvalue weighted by atomic mass is 79.9. The van der Waals surface area contributed by atoms with Crippen molar-refractivity contribution < 1.29 is 23.8 Å². The van der Waals surface area contributed by atoms with E-state index in [4.69, 9.17) is 16.3 Å². The van der Waals surface area contributed by atoms with Crippen molar-refractivity contribution in [1.29, 1.82) is 0 Å². The second kappa shape index (κ2) is 8.76. The molecule has 1 aliphatic rings. The zero-order valence-corrected chi connectivity index (χ0v) is 19.0. The Labute approximate surface area is 196 Å². The van der Waals surface area contributed by atoms with Crippen LogP contribution in [0.25, 0.3) is 5.76 Å². The predicted molar refractivity (Wildman–Crippen MR) is 123 cm³/mol. The van der Waals surface area contributed by atoms with Gasteiger partial charge in [0.2, 0.25) is 0 Å². The smallest absolute Gasteiger partial charge is 0.300 e. The van der Waals surface area contributed by atoms with Gasteiger partial charge in [-0.2, -0.15) is 0 Å². The normalized spacial score (nSPS) is 17.6. The first-order valence-electron chi connectivity index (χ1n) is 9.47. The molecule has 162 valence electrons. The van der Waals surface area contributed by atoms with E-state index in [1.165, 1.54) is 42.3 Å². The molecule has 32 heavy (non-hydrogen) atoms. The molecule has 0 aliphatic carbocycles. The van der Waals surface area contributed by atoms with E-state index in [0.29, 0.717) is 22.6 Å². The minimum atomic E-state index is -0.983. The molecule has 1 atom stereocenters. The van der Waals surface area contributed by atoms with Crippen LogP contribution in [0.2, 0.25) is 5.02 Å². The Morgan fingerprint density at radius 1 is 1.06 bits per heavy atom.